The lowest BCUT2D eigenvalue weighted by atomic mass is 10.3. The van der Waals surface area contributed by atoms with Gasteiger partial charge in [0.2, 0.25) is 0 Å². The third-order valence-corrected chi connectivity index (χ3v) is 6.42. The number of rotatable bonds is 8. The van der Waals surface area contributed by atoms with Crippen LogP contribution in [0.4, 0.5) is 0 Å². The van der Waals surface area contributed by atoms with E-state index in [2.05, 4.69) is 15.2 Å². The number of hydrogen-bond donors (Lipinski definition) is 0. The van der Waals surface area contributed by atoms with Crippen molar-refractivity contribution in [2.45, 2.75) is 24.7 Å². The largest absolute Gasteiger partial charge is 0.486 e. The van der Waals surface area contributed by atoms with Gasteiger partial charge in [-0.25, -0.2) is 9.78 Å². The highest BCUT2D eigenvalue weighted by molar-refractivity contribution is 7.99. The van der Waals surface area contributed by atoms with Crippen molar-refractivity contribution in [1.29, 1.82) is 0 Å². The lowest BCUT2D eigenvalue weighted by molar-refractivity contribution is 0.290. The number of aryl methyl sites for hydroxylation is 2. The molecule has 4 aromatic rings. The number of nitrogens with zero attached hydrogens (tertiary/aromatic N) is 7. The molecule has 0 aliphatic rings. The number of aromatic nitrogens is 7. The van der Waals surface area contributed by atoms with Gasteiger partial charge in [-0.15, -0.1) is 10.2 Å². The lowest BCUT2D eigenvalue weighted by Crippen LogP contribution is -2.39. The Morgan fingerprint density at radius 3 is 2.56 bits per heavy atom. The van der Waals surface area contributed by atoms with Crippen LogP contribution in [-0.4, -0.2) is 39.2 Å². The Balaban J connectivity index is 1.36. The van der Waals surface area contributed by atoms with E-state index in [1.807, 2.05) is 11.6 Å². The molecule has 32 heavy (non-hydrogen) atoms. The monoisotopic (exact) mass is 475 g/mol. The molecule has 0 saturated heterocycles. The smallest absolute Gasteiger partial charge is 0.332 e. The van der Waals surface area contributed by atoms with Gasteiger partial charge in [-0.3, -0.25) is 13.9 Å². The molecule has 12 heteroatoms. The Morgan fingerprint density at radius 2 is 1.81 bits per heavy atom. The zero-order valence-electron chi connectivity index (χ0n) is 17.9. The quantitative estimate of drug-likeness (QED) is 0.283. The molecule has 0 atom stereocenters. The Labute approximate surface area is 192 Å². The SMILES string of the molecule is Cn1c(COc2ccc(Cl)cc2)nnc1SCCCn1c(=O)c2c(ncn2C)n(C)c1=O. The highest BCUT2D eigenvalue weighted by atomic mass is 35.5. The summed E-state index contributed by atoms with van der Waals surface area (Å²) < 4.78 is 11.9. The highest BCUT2D eigenvalue weighted by Crippen LogP contribution is 2.19. The first-order valence-electron chi connectivity index (χ1n) is 9.87. The lowest BCUT2D eigenvalue weighted by Gasteiger charge is -2.09. The summed E-state index contributed by atoms with van der Waals surface area (Å²) in [5, 5.41) is 9.78. The summed E-state index contributed by atoms with van der Waals surface area (Å²) in [5.74, 6) is 2.06. The molecule has 0 spiro atoms. The summed E-state index contributed by atoms with van der Waals surface area (Å²) in [6.07, 6.45) is 2.15. The van der Waals surface area contributed by atoms with E-state index in [4.69, 9.17) is 16.3 Å². The van der Waals surface area contributed by atoms with Gasteiger partial charge in [0.1, 0.15) is 12.4 Å². The molecule has 0 aliphatic carbocycles. The summed E-state index contributed by atoms with van der Waals surface area (Å²) in [6.45, 7) is 0.589. The van der Waals surface area contributed by atoms with Gasteiger partial charge < -0.3 is 13.9 Å². The van der Waals surface area contributed by atoms with Gasteiger partial charge in [0.05, 0.1) is 6.33 Å². The fourth-order valence-corrected chi connectivity index (χ4v) is 4.23. The molecular weight excluding hydrogens is 454 g/mol. The minimum Gasteiger partial charge on any atom is -0.486 e. The first-order chi connectivity index (χ1) is 15.4. The molecule has 4 rings (SSSR count). The standard InChI is InChI=1S/C20H22ClN7O3S/c1-25-12-22-17-16(25)18(29)28(20(30)27(17)3)9-4-10-32-19-24-23-15(26(19)2)11-31-14-7-5-13(21)6-8-14/h5-8,12H,4,9-11H2,1-3H3. The number of hydrogen-bond acceptors (Lipinski definition) is 7. The van der Waals surface area contributed by atoms with E-state index in [0.29, 0.717) is 46.5 Å². The van der Waals surface area contributed by atoms with E-state index in [1.165, 1.54) is 27.2 Å². The van der Waals surface area contributed by atoms with Crippen molar-refractivity contribution in [2.75, 3.05) is 5.75 Å². The first kappa shape index (κ1) is 22.2. The molecule has 0 saturated carbocycles. The molecule has 3 aromatic heterocycles. The van der Waals surface area contributed by atoms with E-state index in [9.17, 15) is 9.59 Å². The molecular formula is C20H22ClN7O3S. The van der Waals surface area contributed by atoms with Crippen LogP contribution >= 0.6 is 23.4 Å². The minimum absolute atomic E-state index is 0.280. The second kappa shape index (κ2) is 9.21. The van der Waals surface area contributed by atoms with Gasteiger partial charge in [0.15, 0.2) is 22.1 Å². The summed E-state index contributed by atoms with van der Waals surface area (Å²) in [6, 6.07) is 7.12. The maximum absolute atomic E-state index is 12.7. The number of thioether (sulfide) groups is 1. The number of ether oxygens (including phenoxy) is 1. The van der Waals surface area contributed by atoms with Crippen LogP contribution < -0.4 is 16.0 Å². The molecule has 1 aromatic carbocycles. The van der Waals surface area contributed by atoms with Gasteiger partial charge in [0.25, 0.3) is 5.56 Å². The van der Waals surface area contributed by atoms with Crippen LogP contribution in [0.25, 0.3) is 11.2 Å². The van der Waals surface area contributed by atoms with Gasteiger partial charge in [0, 0.05) is 38.5 Å². The molecule has 10 nitrogen and oxygen atoms in total. The second-order valence-electron chi connectivity index (χ2n) is 7.23. The summed E-state index contributed by atoms with van der Waals surface area (Å²) in [5.41, 5.74) is 0.110. The Kier molecular flexibility index (Phi) is 6.38. The van der Waals surface area contributed by atoms with Gasteiger partial charge in [-0.2, -0.15) is 0 Å². The maximum Gasteiger partial charge on any atom is 0.332 e. The van der Waals surface area contributed by atoms with Crippen LogP contribution in [0.15, 0.2) is 45.3 Å². The van der Waals surface area contributed by atoms with Crippen LogP contribution in [0, 0.1) is 0 Å². The molecule has 0 aliphatic heterocycles. The van der Waals surface area contributed by atoms with Crippen molar-refractivity contribution in [3.05, 3.63) is 62.3 Å². The highest BCUT2D eigenvalue weighted by Gasteiger charge is 2.15. The zero-order valence-corrected chi connectivity index (χ0v) is 19.4. The van der Waals surface area contributed by atoms with E-state index < -0.39 is 0 Å². The number of imidazole rings is 1. The normalized spacial score (nSPS) is 11.4. The van der Waals surface area contributed by atoms with Crippen LogP contribution in [0.5, 0.6) is 5.75 Å². The van der Waals surface area contributed by atoms with Crippen molar-refractivity contribution in [3.8, 4) is 5.75 Å². The average Bonchev–Trinajstić information content (AvgIpc) is 3.34. The van der Waals surface area contributed by atoms with Crippen molar-refractivity contribution in [2.24, 2.45) is 21.1 Å². The fourth-order valence-electron chi connectivity index (χ4n) is 3.25. The Hall–Kier alpha value is -3.05. The zero-order chi connectivity index (χ0) is 22.8. The molecule has 0 radical (unpaired) electrons. The second-order valence-corrected chi connectivity index (χ2v) is 8.73. The van der Waals surface area contributed by atoms with Crippen molar-refractivity contribution < 1.29 is 4.74 Å². The molecule has 0 fully saturated rings. The van der Waals surface area contributed by atoms with E-state index in [0.717, 1.165) is 5.16 Å². The topological polar surface area (TPSA) is 102 Å². The molecule has 168 valence electrons. The summed E-state index contributed by atoms with van der Waals surface area (Å²) >= 11 is 7.39. The van der Waals surface area contributed by atoms with Crippen molar-refractivity contribution in [1.82, 2.24) is 33.4 Å². The van der Waals surface area contributed by atoms with Gasteiger partial charge in [-0.05, 0) is 30.7 Å². The number of halogens is 1. The van der Waals surface area contributed by atoms with E-state index in [-0.39, 0.29) is 17.9 Å². The molecule has 0 amide bonds. The predicted octanol–water partition coefficient (Wildman–Crippen LogP) is 1.98. The van der Waals surface area contributed by atoms with Crippen LogP contribution in [0.1, 0.15) is 12.2 Å². The van der Waals surface area contributed by atoms with Crippen molar-refractivity contribution >= 4 is 34.5 Å². The van der Waals surface area contributed by atoms with Crippen LogP contribution in [0.2, 0.25) is 5.02 Å². The van der Waals surface area contributed by atoms with E-state index >= 15 is 0 Å². The summed E-state index contributed by atoms with van der Waals surface area (Å²) in [7, 11) is 5.23. The summed E-state index contributed by atoms with van der Waals surface area (Å²) in [4.78, 5) is 29.5. The van der Waals surface area contributed by atoms with Crippen molar-refractivity contribution in [3.63, 3.8) is 0 Å². The van der Waals surface area contributed by atoms with E-state index in [1.54, 1.807) is 42.9 Å². The fraction of sp³-hybridized carbons (Fsp3) is 0.350. The Morgan fingerprint density at radius 1 is 1.06 bits per heavy atom. The molecule has 0 unspecified atom stereocenters. The molecule has 0 bridgehead atoms. The third kappa shape index (κ3) is 4.30. The number of benzene rings is 1. The van der Waals surface area contributed by atoms with Gasteiger partial charge in [-0.1, -0.05) is 23.4 Å². The maximum atomic E-state index is 12.7. The Bertz CT molecular complexity index is 1370. The molecule has 3 heterocycles. The van der Waals surface area contributed by atoms with Crippen LogP contribution in [-0.2, 0) is 34.3 Å². The predicted molar refractivity (Wildman–Crippen MR) is 122 cm³/mol. The average molecular weight is 476 g/mol. The first-order valence-corrected chi connectivity index (χ1v) is 11.2. The molecule has 0 N–H and O–H groups in total. The third-order valence-electron chi connectivity index (χ3n) is 5.06. The number of fused-ring (bicyclic) bond motifs is 1. The van der Waals surface area contributed by atoms with Crippen LogP contribution in [0.3, 0.4) is 0 Å². The van der Waals surface area contributed by atoms with Gasteiger partial charge >= 0.3 is 5.69 Å². The minimum atomic E-state index is -0.369.